The summed E-state index contributed by atoms with van der Waals surface area (Å²) < 4.78 is 10.6. The molecule has 5 nitrogen and oxygen atoms in total. The average molecular weight is 300 g/mol. The monoisotopic (exact) mass is 299 g/mol. The van der Waals surface area contributed by atoms with E-state index in [1.165, 1.54) is 0 Å². The molecule has 0 saturated carbocycles. The summed E-state index contributed by atoms with van der Waals surface area (Å²) >= 11 is 6.12. The molecule has 0 spiro atoms. The van der Waals surface area contributed by atoms with Gasteiger partial charge in [-0.05, 0) is 24.6 Å². The molecule has 1 rings (SSSR count). The van der Waals surface area contributed by atoms with Crippen LogP contribution in [0.25, 0.3) is 0 Å². The van der Waals surface area contributed by atoms with Gasteiger partial charge < -0.3 is 19.9 Å². The van der Waals surface area contributed by atoms with Gasteiger partial charge in [-0.2, -0.15) is 0 Å². The van der Waals surface area contributed by atoms with E-state index in [2.05, 4.69) is 11.9 Å². The molecule has 110 valence electrons. The lowest BCUT2D eigenvalue weighted by Crippen LogP contribution is -2.14. The Labute approximate surface area is 123 Å². The van der Waals surface area contributed by atoms with Crippen molar-refractivity contribution in [2.45, 2.75) is 13.5 Å². The molecule has 0 heterocycles. The molecule has 0 fully saturated rings. The van der Waals surface area contributed by atoms with Crippen LogP contribution in [0.5, 0.6) is 11.5 Å². The number of hydrogen-bond acceptors (Lipinski definition) is 4. The van der Waals surface area contributed by atoms with Crippen molar-refractivity contribution < 1.29 is 19.4 Å². The average Bonchev–Trinajstić information content (AvgIpc) is 2.38. The summed E-state index contributed by atoms with van der Waals surface area (Å²) in [5, 5.41) is 12.1. The predicted octanol–water partition coefficient (Wildman–Crippen LogP) is 2.48. The summed E-state index contributed by atoms with van der Waals surface area (Å²) in [6.45, 7) is 6.70. The van der Waals surface area contributed by atoms with Gasteiger partial charge >= 0.3 is 5.97 Å². The van der Waals surface area contributed by atoms with Crippen LogP contribution < -0.4 is 14.8 Å². The molecule has 0 bridgehead atoms. The summed E-state index contributed by atoms with van der Waals surface area (Å²) in [7, 11) is 0. The molecule has 20 heavy (non-hydrogen) atoms. The summed E-state index contributed by atoms with van der Waals surface area (Å²) in [5.74, 6) is -0.375. The van der Waals surface area contributed by atoms with Crippen molar-refractivity contribution in [3.8, 4) is 11.5 Å². The number of carbonyl (C=O) groups is 1. The zero-order chi connectivity index (χ0) is 15.0. The van der Waals surface area contributed by atoms with Crippen LogP contribution in [0.3, 0.4) is 0 Å². The lowest BCUT2D eigenvalue weighted by Gasteiger charge is -2.14. The number of benzene rings is 1. The Morgan fingerprint density at radius 2 is 2.25 bits per heavy atom. The quantitative estimate of drug-likeness (QED) is 0.541. The summed E-state index contributed by atoms with van der Waals surface area (Å²) in [4.78, 5) is 10.6. The summed E-state index contributed by atoms with van der Waals surface area (Å²) in [6, 6.07) is 3.50. The van der Waals surface area contributed by atoms with E-state index in [1.807, 2.05) is 6.92 Å². The van der Waals surface area contributed by atoms with Crippen molar-refractivity contribution in [3.05, 3.63) is 35.4 Å². The summed E-state index contributed by atoms with van der Waals surface area (Å²) in [5.41, 5.74) is 0.919. The third-order valence-corrected chi connectivity index (χ3v) is 2.61. The van der Waals surface area contributed by atoms with Crippen molar-refractivity contribution in [2.75, 3.05) is 19.8 Å². The first-order valence-corrected chi connectivity index (χ1v) is 6.57. The maximum atomic E-state index is 10.6. The highest BCUT2D eigenvalue weighted by atomic mass is 35.5. The number of aliphatic carboxylic acids is 1. The van der Waals surface area contributed by atoms with Gasteiger partial charge in [0.25, 0.3) is 0 Å². The number of ether oxygens (including phenoxy) is 2. The normalized spacial score (nSPS) is 10.1. The Morgan fingerprint density at radius 3 is 2.85 bits per heavy atom. The standard InChI is InChI=1S/C14H18ClNO4/c1-3-5-16-8-10-6-11(15)14(20-9-13(17)18)12(7-10)19-4-2/h3,6-7,16H,1,4-5,8-9H2,2H3,(H,17,18). The molecule has 0 radical (unpaired) electrons. The van der Waals surface area contributed by atoms with Crippen molar-refractivity contribution >= 4 is 17.6 Å². The number of carboxylic acids is 1. The third kappa shape index (κ3) is 5.11. The minimum atomic E-state index is -1.07. The van der Waals surface area contributed by atoms with Crippen LogP contribution in [-0.2, 0) is 11.3 Å². The largest absolute Gasteiger partial charge is 0.490 e. The van der Waals surface area contributed by atoms with Crippen LogP contribution in [0.4, 0.5) is 0 Å². The molecule has 0 aliphatic rings. The van der Waals surface area contributed by atoms with Crippen LogP contribution in [0.15, 0.2) is 24.8 Å². The number of nitrogens with one attached hydrogen (secondary N) is 1. The van der Waals surface area contributed by atoms with Crippen molar-refractivity contribution in [3.63, 3.8) is 0 Å². The van der Waals surface area contributed by atoms with Crippen molar-refractivity contribution in [1.82, 2.24) is 5.32 Å². The van der Waals surface area contributed by atoms with Gasteiger partial charge in [0.15, 0.2) is 18.1 Å². The first-order valence-electron chi connectivity index (χ1n) is 6.19. The molecule has 2 N–H and O–H groups in total. The smallest absolute Gasteiger partial charge is 0.341 e. The van der Waals surface area contributed by atoms with E-state index in [0.29, 0.717) is 30.5 Å². The molecule has 0 atom stereocenters. The molecule has 6 heteroatoms. The third-order valence-electron chi connectivity index (χ3n) is 2.33. The Kier molecular flexibility index (Phi) is 6.90. The van der Waals surface area contributed by atoms with Crippen LogP contribution in [0, 0.1) is 0 Å². The first-order chi connectivity index (χ1) is 9.58. The summed E-state index contributed by atoms with van der Waals surface area (Å²) in [6.07, 6.45) is 1.76. The van der Waals surface area contributed by atoms with Crippen molar-refractivity contribution in [2.24, 2.45) is 0 Å². The van der Waals surface area contributed by atoms with E-state index in [9.17, 15) is 4.79 Å². The van der Waals surface area contributed by atoms with E-state index in [4.69, 9.17) is 26.2 Å². The van der Waals surface area contributed by atoms with Gasteiger partial charge in [0.1, 0.15) is 0 Å². The molecular weight excluding hydrogens is 282 g/mol. The Bertz CT molecular complexity index is 476. The van der Waals surface area contributed by atoms with Crippen LogP contribution >= 0.6 is 11.6 Å². The SMILES string of the molecule is C=CCNCc1cc(Cl)c(OCC(=O)O)c(OCC)c1. The molecule has 1 aromatic carbocycles. The van der Waals surface area contributed by atoms with Gasteiger partial charge in [-0.3, -0.25) is 0 Å². The Hall–Kier alpha value is -1.72. The molecule has 0 unspecified atom stereocenters. The lowest BCUT2D eigenvalue weighted by molar-refractivity contribution is -0.139. The second-order valence-corrected chi connectivity index (χ2v) is 4.35. The molecule has 0 amide bonds. The van der Waals surface area contributed by atoms with E-state index in [-0.39, 0.29) is 5.75 Å². The van der Waals surface area contributed by atoms with Gasteiger partial charge in [-0.25, -0.2) is 4.79 Å². The topological polar surface area (TPSA) is 67.8 Å². The van der Waals surface area contributed by atoms with E-state index in [0.717, 1.165) is 5.56 Å². The van der Waals surface area contributed by atoms with Gasteiger partial charge in [0.05, 0.1) is 11.6 Å². The fraction of sp³-hybridized carbons (Fsp3) is 0.357. The Morgan fingerprint density at radius 1 is 1.50 bits per heavy atom. The molecule has 0 saturated heterocycles. The highest BCUT2D eigenvalue weighted by Crippen LogP contribution is 2.36. The van der Waals surface area contributed by atoms with Crippen LogP contribution in [0.1, 0.15) is 12.5 Å². The minimum Gasteiger partial charge on any atom is -0.490 e. The van der Waals surface area contributed by atoms with Gasteiger partial charge in [-0.1, -0.05) is 17.7 Å². The van der Waals surface area contributed by atoms with E-state index >= 15 is 0 Å². The van der Waals surface area contributed by atoms with Crippen LogP contribution in [0.2, 0.25) is 5.02 Å². The zero-order valence-electron chi connectivity index (χ0n) is 11.3. The molecule has 0 aromatic heterocycles. The minimum absolute atomic E-state index is 0.253. The fourth-order valence-corrected chi connectivity index (χ4v) is 1.87. The highest BCUT2D eigenvalue weighted by Gasteiger charge is 2.13. The molecule has 1 aromatic rings. The number of rotatable bonds is 9. The number of hydrogen-bond donors (Lipinski definition) is 2. The van der Waals surface area contributed by atoms with Gasteiger partial charge in [0.2, 0.25) is 0 Å². The predicted molar refractivity (Wildman–Crippen MR) is 77.7 cm³/mol. The molecular formula is C14H18ClNO4. The lowest BCUT2D eigenvalue weighted by atomic mass is 10.2. The van der Waals surface area contributed by atoms with E-state index < -0.39 is 12.6 Å². The van der Waals surface area contributed by atoms with Crippen molar-refractivity contribution in [1.29, 1.82) is 0 Å². The maximum Gasteiger partial charge on any atom is 0.341 e. The maximum absolute atomic E-state index is 10.6. The van der Waals surface area contributed by atoms with Gasteiger partial charge in [-0.15, -0.1) is 6.58 Å². The molecule has 0 aliphatic heterocycles. The molecule has 0 aliphatic carbocycles. The van der Waals surface area contributed by atoms with Gasteiger partial charge in [0, 0.05) is 13.1 Å². The second kappa shape index (κ2) is 8.45. The first kappa shape index (κ1) is 16.3. The van der Waals surface area contributed by atoms with Crippen LogP contribution in [-0.4, -0.2) is 30.8 Å². The highest BCUT2D eigenvalue weighted by molar-refractivity contribution is 6.32. The number of carboxylic acid groups (broad SMARTS) is 1. The fourth-order valence-electron chi connectivity index (χ4n) is 1.58. The second-order valence-electron chi connectivity index (χ2n) is 3.94. The number of halogens is 1. The Balaban J connectivity index is 2.92. The van der Waals surface area contributed by atoms with E-state index in [1.54, 1.807) is 18.2 Å². The zero-order valence-corrected chi connectivity index (χ0v) is 12.1.